The Labute approximate surface area is 278 Å². The highest BCUT2D eigenvalue weighted by Crippen LogP contribution is 2.59. The predicted octanol–water partition coefficient (Wildman–Crippen LogP) is 6.04. The number of nitrogens with zero attached hydrogens (tertiary/aromatic N) is 6. The molecule has 244 valence electrons. The van der Waals surface area contributed by atoms with Crippen LogP contribution in [0.25, 0.3) is 22.0 Å². The number of rotatable bonds is 9. The van der Waals surface area contributed by atoms with Gasteiger partial charge in [-0.1, -0.05) is 36.4 Å². The van der Waals surface area contributed by atoms with Gasteiger partial charge >= 0.3 is 6.01 Å². The number of amides is 1. The first-order valence-electron chi connectivity index (χ1n) is 16.7. The van der Waals surface area contributed by atoms with Gasteiger partial charge in [-0.2, -0.15) is 15.2 Å². The van der Waals surface area contributed by atoms with E-state index < -0.39 is 17.8 Å². The molecule has 8 rings (SSSR count). The SMILES string of the molecule is C=C(F)C(=O)N1CCN(c2nc(OC[C@@H]3CCCN3C)nc3c(OC4CC4)c(-c4cccc5c4C[C@@H]4C[C@H]54)c(Cl)cc23)C[C@@H]1CC#N. The summed E-state index contributed by atoms with van der Waals surface area (Å²) in [4.78, 5) is 28.3. The van der Waals surface area contributed by atoms with E-state index in [-0.39, 0.29) is 37.7 Å². The van der Waals surface area contributed by atoms with Gasteiger partial charge in [-0.05, 0) is 86.7 Å². The molecule has 9 nitrogen and oxygen atoms in total. The molecule has 0 radical (unpaired) electrons. The van der Waals surface area contributed by atoms with Crippen LogP contribution in [-0.4, -0.2) is 83.7 Å². The summed E-state index contributed by atoms with van der Waals surface area (Å²) in [5, 5.41) is 10.9. The standard InChI is InChI=1S/C36H38ClFN6O3/c1-20(38)35(45)44-14-13-43(18-22(44)10-11-39)34-29-17-30(37)31(26-7-3-6-25-27-15-21(27)16-28(25)26)33(47-24-8-9-24)32(29)40-36(41-34)46-19-23-5-4-12-42(23)2/h3,6-7,17,21-24,27H,1,4-5,8-10,12-16,18-19H2,2H3/t21-,22-,23-,27-/m0/s1. The number of halogens is 2. The van der Waals surface area contributed by atoms with Crippen molar-refractivity contribution in [2.45, 2.75) is 69.1 Å². The highest BCUT2D eigenvalue weighted by Gasteiger charge is 2.46. The highest BCUT2D eigenvalue weighted by molar-refractivity contribution is 6.35. The number of fused-ring (bicyclic) bond motifs is 4. The lowest BCUT2D eigenvalue weighted by Crippen LogP contribution is -2.55. The summed E-state index contributed by atoms with van der Waals surface area (Å²) < 4.78 is 27.0. The number of ether oxygens (including phenoxy) is 2. The molecule has 2 saturated carbocycles. The molecule has 0 bridgehead atoms. The molecule has 11 heteroatoms. The van der Waals surface area contributed by atoms with Crippen molar-refractivity contribution >= 4 is 34.2 Å². The number of aromatic nitrogens is 2. The Morgan fingerprint density at radius 3 is 2.79 bits per heavy atom. The Bertz CT molecular complexity index is 1820. The molecule has 2 aliphatic heterocycles. The van der Waals surface area contributed by atoms with E-state index in [0.717, 1.165) is 49.8 Å². The molecular weight excluding hydrogens is 619 g/mol. The summed E-state index contributed by atoms with van der Waals surface area (Å²) in [5.41, 5.74) is 5.35. The number of benzene rings is 2. The van der Waals surface area contributed by atoms with Crippen LogP contribution in [0.2, 0.25) is 5.02 Å². The van der Waals surface area contributed by atoms with Crippen molar-refractivity contribution in [2.75, 3.05) is 44.7 Å². The maximum atomic E-state index is 13.9. The van der Waals surface area contributed by atoms with Gasteiger partial charge in [-0.15, -0.1) is 0 Å². The molecule has 0 spiro atoms. The monoisotopic (exact) mass is 656 g/mol. The molecule has 5 aliphatic rings. The number of likely N-dealkylation sites (N-methyl/N-ethyl adjacent to an activating group) is 1. The fourth-order valence-corrected chi connectivity index (χ4v) is 8.13. The summed E-state index contributed by atoms with van der Waals surface area (Å²) in [6.07, 6.45) is 6.51. The Morgan fingerprint density at radius 2 is 2.04 bits per heavy atom. The summed E-state index contributed by atoms with van der Waals surface area (Å²) in [6.45, 7) is 5.52. The van der Waals surface area contributed by atoms with Gasteiger partial charge in [0, 0.05) is 36.6 Å². The maximum Gasteiger partial charge on any atom is 0.319 e. The van der Waals surface area contributed by atoms with Gasteiger partial charge < -0.3 is 24.2 Å². The molecule has 1 aromatic heterocycles. The third kappa shape index (κ3) is 5.57. The molecule has 2 saturated heterocycles. The quantitative estimate of drug-likeness (QED) is 0.258. The molecule has 0 N–H and O–H groups in total. The summed E-state index contributed by atoms with van der Waals surface area (Å²) in [5.74, 6) is 0.762. The second-order valence-electron chi connectivity index (χ2n) is 13.7. The molecule has 0 unspecified atom stereocenters. The minimum absolute atomic E-state index is 0.0396. The first-order valence-corrected chi connectivity index (χ1v) is 17.1. The molecule has 2 aromatic carbocycles. The van der Waals surface area contributed by atoms with Gasteiger partial charge in [-0.3, -0.25) is 4.79 Å². The Kier molecular flexibility index (Phi) is 7.72. The number of likely N-dealkylation sites (tertiary alicyclic amines) is 1. The Morgan fingerprint density at radius 1 is 1.19 bits per heavy atom. The lowest BCUT2D eigenvalue weighted by atomic mass is 9.93. The number of hydrogen-bond acceptors (Lipinski definition) is 8. The smallest absolute Gasteiger partial charge is 0.319 e. The third-order valence-corrected chi connectivity index (χ3v) is 10.9. The zero-order chi connectivity index (χ0) is 32.4. The molecule has 4 fully saturated rings. The third-order valence-electron chi connectivity index (χ3n) is 10.6. The summed E-state index contributed by atoms with van der Waals surface area (Å²) >= 11 is 7.25. The van der Waals surface area contributed by atoms with Crippen LogP contribution in [-0.2, 0) is 11.2 Å². The molecule has 3 aromatic rings. The maximum absolute atomic E-state index is 13.9. The van der Waals surface area contributed by atoms with Gasteiger partial charge in [0.1, 0.15) is 17.9 Å². The number of nitriles is 1. The van der Waals surface area contributed by atoms with Gasteiger partial charge in [0.05, 0.1) is 29.7 Å². The van der Waals surface area contributed by atoms with E-state index >= 15 is 0 Å². The van der Waals surface area contributed by atoms with Crippen LogP contribution in [0.4, 0.5) is 10.2 Å². The van der Waals surface area contributed by atoms with E-state index in [4.69, 9.17) is 31.0 Å². The molecule has 3 aliphatic carbocycles. The van der Waals surface area contributed by atoms with E-state index in [1.165, 1.54) is 22.4 Å². The van der Waals surface area contributed by atoms with Crippen molar-refractivity contribution < 1.29 is 18.7 Å². The molecule has 1 amide bonds. The van der Waals surface area contributed by atoms with Crippen molar-refractivity contribution in [3.8, 4) is 29.0 Å². The summed E-state index contributed by atoms with van der Waals surface area (Å²) in [6, 6.07) is 10.6. The topological polar surface area (TPSA) is 94.8 Å². The normalized spacial score (nSPS) is 25.0. The van der Waals surface area contributed by atoms with E-state index in [2.05, 4.69) is 42.8 Å². The van der Waals surface area contributed by atoms with Crippen LogP contribution in [0, 0.1) is 17.2 Å². The Balaban J connectivity index is 1.26. The number of anilines is 1. The van der Waals surface area contributed by atoms with Crippen molar-refractivity contribution in [1.29, 1.82) is 5.26 Å². The Hall–Kier alpha value is -3.94. The van der Waals surface area contributed by atoms with Gasteiger partial charge in [0.25, 0.3) is 5.91 Å². The van der Waals surface area contributed by atoms with Crippen LogP contribution in [0.3, 0.4) is 0 Å². The van der Waals surface area contributed by atoms with E-state index in [1.807, 2.05) is 11.0 Å². The van der Waals surface area contributed by atoms with Gasteiger partial charge in [-0.25, -0.2) is 4.39 Å². The van der Waals surface area contributed by atoms with Crippen LogP contribution in [0.1, 0.15) is 55.6 Å². The number of piperazine rings is 1. The van der Waals surface area contributed by atoms with Crippen molar-refractivity contribution in [2.24, 2.45) is 5.92 Å². The average molecular weight is 657 g/mol. The number of carbonyl (C=O) groups is 1. The fraction of sp³-hybridized carbons (Fsp3) is 0.500. The second-order valence-corrected chi connectivity index (χ2v) is 14.1. The van der Waals surface area contributed by atoms with Crippen molar-refractivity contribution in [1.82, 2.24) is 19.8 Å². The van der Waals surface area contributed by atoms with Gasteiger partial charge in [0.15, 0.2) is 11.6 Å². The predicted molar refractivity (Wildman–Crippen MR) is 178 cm³/mol. The second kappa shape index (κ2) is 11.9. The van der Waals surface area contributed by atoms with Crippen molar-refractivity contribution in [3.63, 3.8) is 0 Å². The fourth-order valence-electron chi connectivity index (χ4n) is 7.84. The minimum Gasteiger partial charge on any atom is -0.487 e. The first-order chi connectivity index (χ1) is 22.8. The minimum atomic E-state index is -1.03. The molecule has 4 atom stereocenters. The molecule has 3 heterocycles. The van der Waals surface area contributed by atoms with Crippen LogP contribution in [0.5, 0.6) is 11.8 Å². The van der Waals surface area contributed by atoms with Crippen LogP contribution >= 0.6 is 11.6 Å². The van der Waals surface area contributed by atoms with E-state index in [1.54, 1.807) is 0 Å². The average Bonchev–Trinajstić information content (AvgIpc) is 3.97. The van der Waals surface area contributed by atoms with Gasteiger partial charge in [0.2, 0.25) is 0 Å². The summed E-state index contributed by atoms with van der Waals surface area (Å²) in [7, 11) is 2.11. The molecule has 47 heavy (non-hydrogen) atoms. The van der Waals surface area contributed by atoms with Crippen LogP contribution < -0.4 is 14.4 Å². The number of carbonyl (C=O) groups excluding carboxylic acids is 1. The van der Waals surface area contributed by atoms with E-state index in [9.17, 15) is 14.4 Å². The number of hydrogen-bond donors (Lipinski definition) is 0. The first kappa shape index (κ1) is 30.4. The van der Waals surface area contributed by atoms with E-state index in [0.29, 0.717) is 52.5 Å². The lowest BCUT2D eigenvalue weighted by molar-refractivity contribution is -0.131. The zero-order valence-electron chi connectivity index (χ0n) is 26.6. The highest BCUT2D eigenvalue weighted by atomic mass is 35.5. The zero-order valence-corrected chi connectivity index (χ0v) is 27.3. The largest absolute Gasteiger partial charge is 0.487 e. The van der Waals surface area contributed by atoms with Crippen LogP contribution in [0.15, 0.2) is 36.7 Å². The molecular formula is C36H38ClFN6O3. The van der Waals surface area contributed by atoms with Crippen molar-refractivity contribution in [3.05, 3.63) is 52.8 Å². The lowest BCUT2D eigenvalue weighted by Gasteiger charge is -2.41.